The minimum absolute atomic E-state index is 0.0309. The Labute approximate surface area is 156 Å². The van der Waals surface area contributed by atoms with Crippen molar-refractivity contribution < 1.29 is 9.69 Å². The largest absolute Gasteiger partial charge is 0.322 e. The van der Waals surface area contributed by atoms with E-state index < -0.39 is 0 Å². The zero-order valence-corrected chi connectivity index (χ0v) is 15.8. The summed E-state index contributed by atoms with van der Waals surface area (Å²) in [5.41, 5.74) is 2.52. The van der Waals surface area contributed by atoms with Crippen molar-refractivity contribution in [1.29, 1.82) is 0 Å². The molecule has 0 bridgehead atoms. The molecule has 26 heavy (non-hydrogen) atoms. The zero-order valence-electron chi connectivity index (χ0n) is 15.0. The quantitative estimate of drug-likeness (QED) is 0.661. The third-order valence-electron chi connectivity index (χ3n) is 4.22. The van der Waals surface area contributed by atoms with E-state index in [1.807, 2.05) is 36.6 Å². The predicted molar refractivity (Wildman–Crippen MR) is 104 cm³/mol. The number of nitrogens with zero attached hydrogens (tertiary/aromatic N) is 2. The molecule has 1 atom stereocenters. The number of hydrogen-bond donors (Lipinski definition) is 2. The SMILES string of the molecule is CCC[NH+](CC(=O)Nc1ccccc1C)Cc1cc(=O)n2ccsc2n1. The third-order valence-corrected chi connectivity index (χ3v) is 4.98. The van der Waals surface area contributed by atoms with Crippen LogP contribution >= 0.6 is 11.3 Å². The predicted octanol–water partition coefficient (Wildman–Crippen LogP) is 1.50. The van der Waals surface area contributed by atoms with E-state index >= 15 is 0 Å². The number of carbonyl (C=O) groups excluding carboxylic acids is 1. The molecule has 0 fully saturated rings. The summed E-state index contributed by atoms with van der Waals surface area (Å²) < 4.78 is 1.54. The Balaban J connectivity index is 1.71. The van der Waals surface area contributed by atoms with Crippen LogP contribution in [0, 0.1) is 6.92 Å². The highest BCUT2D eigenvalue weighted by atomic mass is 32.1. The fourth-order valence-electron chi connectivity index (χ4n) is 2.96. The molecule has 7 heteroatoms. The number of quaternary nitrogens is 1. The van der Waals surface area contributed by atoms with E-state index in [0.717, 1.165) is 34.8 Å². The van der Waals surface area contributed by atoms with Crippen LogP contribution in [-0.2, 0) is 11.3 Å². The molecule has 3 aromatic rings. The molecular formula is C19H23N4O2S+. The van der Waals surface area contributed by atoms with Crippen LogP contribution in [0.2, 0.25) is 0 Å². The van der Waals surface area contributed by atoms with Gasteiger partial charge in [-0.15, -0.1) is 11.3 Å². The lowest BCUT2D eigenvalue weighted by molar-refractivity contribution is -0.906. The summed E-state index contributed by atoms with van der Waals surface area (Å²) >= 11 is 1.44. The van der Waals surface area contributed by atoms with Crippen LogP contribution < -0.4 is 15.8 Å². The van der Waals surface area contributed by atoms with Gasteiger partial charge in [0.1, 0.15) is 12.2 Å². The number of carbonyl (C=O) groups is 1. The summed E-state index contributed by atoms with van der Waals surface area (Å²) in [5, 5.41) is 4.82. The van der Waals surface area contributed by atoms with E-state index in [-0.39, 0.29) is 11.5 Å². The van der Waals surface area contributed by atoms with Gasteiger partial charge in [0.25, 0.3) is 11.5 Å². The fraction of sp³-hybridized carbons (Fsp3) is 0.316. The lowest BCUT2D eigenvalue weighted by Crippen LogP contribution is -3.11. The van der Waals surface area contributed by atoms with Crippen LogP contribution in [0.15, 0.2) is 46.7 Å². The molecule has 1 unspecified atom stereocenters. The van der Waals surface area contributed by atoms with E-state index in [0.29, 0.717) is 18.1 Å². The van der Waals surface area contributed by atoms with E-state index in [9.17, 15) is 9.59 Å². The lowest BCUT2D eigenvalue weighted by atomic mass is 10.2. The second-order valence-corrected chi connectivity index (χ2v) is 7.23. The molecule has 0 radical (unpaired) electrons. The topological polar surface area (TPSA) is 67.9 Å². The van der Waals surface area contributed by atoms with Crippen molar-refractivity contribution in [3.05, 3.63) is 63.5 Å². The molecule has 6 nitrogen and oxygen atoms in total. The zero-order chi connectivity index (χ0) is 18.5. The van der Waals surface area contributed by atoms with Gasteiger partial charge in [-0.2, -0.15) is 0 Å². The smallest absolute Gasteiger partial charge is 0.279 e. The molecule has 0 aliphatic rings. The molecule has 0 saturated carbocycles. The average Bonchev–Trinajstić information content (AvgIpc) is 3.06. The molecule has 0 aliphatic heterocycles. The van der Waals surface area contributed by atoms with Gasteiger partial charge < -0.3 is 10.2 Å². The van der Waals surface area contributed by atoms with Gasteiger partial charge in [-0.3, -0.25) is 14.0 Å². The first-order chi connectivity index (χ1) is 12.6. The summed E-state index contributed by atoms with van der Waals surface area (Å²) in [6.07, 6.45) is 2.68. The highest BCUT2D eigenvalue weighted by molar-refractivity contribution is 7.15. The van der Waals surface area contributed by atoms with Crippen LogP contribution in [-0.4, -0.2) is 28.4 Å². The number of nitrogens with one attached hydrogen (secondary N) is 2. The van der Waals surface area contributed by atoms with E-state index in [2.05, 4.69) is 17.2 Å². The molecule has 2 N–H and O–H groups in total. The van der Waals surface area contributed by atoms with E-state index in [4.69, 9.17) is 0 Å². The third kappa shape index (κ3) is 4.36. The van der Waals surface area contributed by atoms with Gasteiger partial charge in [0.15, 0.2) is 11.5 Å². The van der Waals surface area contributed by atoms with Crippen molar-refractivity contribution in [1.82, 2.24) is 9.38 Å². The second kappa shape index (κ2) is 8.25. The number of hydrogen-bond acceptors (Lipinski definition) is 4. The number of thiazole rings is 1. The highest BCUT2D eigenvalue weighted by Crippen LogP contribution is 2.12. The van der Waals surface area contributed by atoms with Crippen molar-refractivity contribution in [3.63, 3.8) is 0 Å². The minimum Gasteiger partial charge on any atom is -0.322 e. The van der Waals surface area contributed by atoms with Crippen molar-refractivity contribution >= 4 is 27.9 Å². The van der Waals surface area contributed by atoms with Crippen molar-refractivity contribution in [2.24, 2.45) is 0 Å². The van der Waals surface area contributed by atoms with Gasteiger partial charge in [0.05, 0.1) is 6.54 Å². The molecule has 0 spiro atoms. The Morgan fingerprint density at radius 2 is 2.15 bits per heavy atom. The molecule has 3 rings (SSSR count). The number of fused-ring (bicyclic) bond motifs is 1. The minimum atomic E-state index is -0.0774. The Morgan fingerprint density at radius 1 is 1.35 bits per heavy atom. The molecule has 2 aromatic heterocycles. The standard InChI is InChI=1S/C19H22N4O2S/c1-3-8-22(13-17(24)21-16-7-5-4-6-14(16)2)12-15-11-18(25)23-9-10-26-19(23)20-15/h4-7,9-11H,3,8,12-13H2,1-2H3,(H,21,24)/p+1. The molecule has 2 heterocycles. The molecule has 0 saturated heterocycles. The van der Waals surface area contributed by atoms with E-state index in [1.165, 1.54) is 11.3 Å². The van der Waals surface area contributed by atoms with E-state index in [1.54, 1.807) is 16.7 Å². The first kappa shape index (κ1) is 18.3. The van der Waals surface area contributed by atoms with Gasteiger partial charge in [0, 0.05) is 23.3 Å². The van der Waals surface area contributed by atoms with Crippen LogP contribution in [0.1, 0.15) is 24.6 Å². The molecule has 1 aromatic carbocycles. The molecular weight excluding hydrogens is 348 g/mol. The number of aromatic nitrogens is 2. The Kier molecular flexibility index (Phi) is 5.80. The van der Waals surface area contributed by atoms with Crippen LogP contribution in [0.5, 0.6) is 0 Å². The molecule has 0 aliphatic carbocycles. The Hall–Kier alpha value is -2.51. The summed E-state index contributed by atoms with van der Waals surface area (Å²) in [5.74, 6) is -0.0309. The molecule has 136 valence electrons. The Morgan fingerprint density at radius 3 is 2.92 bits per heavy atom. The Bertz CT molecular complexity index is 963. The van der Waals surface area contributed by atoms with Crippen LogP contribution in [0.4, 0.5) is 5.69 Å². The van der Waals surface area contributed by atoms with Crippen molar-refractivity contribution in [2.75, 3.05) is 18.4 Å². The average molecular weight is 371 g/mol. The summed E-state index contributed by atoms with van der Waals surface area (Å²) in [6, 6.07) is 9.30. The maximum Gasteiger partial charge on any atom is 0.279 e. The summed E-state index contributed by atoms with van der Waals surface area (Å²) in [7, 11) is 0. The lowest BCUT2D eigenvalue weighted by Gasteiger charge is -2.18. The van der Waals surface area contributed by atoms with Gasteiger partial charge in [-0.25, -0.2) is 4.98 Å². The first-order valence-corrected chi connectivity index (χ1v) is 9.59. The van der Waals surface area contributed by atoms with Gasteiger partial charge >= 0.3 is 0 Å². The number of rotatable bonds is 7. The van der Waals surface area contributed by atoms with Crippen molar-refractivity contribution in [2.45, 2.75) is 26.8 Å². The summed E-state index contributed by atoms with van der Waals surface area (Å²) in [6.45, 7) is 5.79. The number of amides is 1. The maximum absolute atomic E-state index is 12.5. The maximum atomic E-state index is 12.5. The number of benzene rings is 1. The van der Waals surface area contributed by atoms with Gasteiger partial charge in [-0.1, -0.05) is 25.1 Å². The fourth-order valence-corrected chi connectivity index (χ4v) is 3.70. The van der Waals surface area contributed by atoms with Crippen LogP contribution in [0.3, 0.4) is 0 Å². The highest BCUT2D eigenvalue weighted by Gasteiger charge is 2.17. The van der Waals surface area contributed by atoms with Gasteiger partial charge in [0.2, 0.25) is 0 Å². The first-order valence-electron chi connectivity index (χ1n) is 8.71. The number of anilines is 1. The van der Waals surface area contributed by atoms with Crippen molar-refractivity contribution in [3.8, 4) is 0 Å². The monoisotopic (exact) mass is 371 g/mol. The summed E-state index contributed by atoms with van der Waals surface area (Å²) in [4.78, 5) is 30.9. The van der Waals surface area contributed by atoms with Gasteiger partial charge in [-0.05, 0) is 25.0 Å². The normalized spacial score (nSPS) is 12.2. The number of aryl methyl sites for hydroxylation is 1. The second-order valence-electron chi connectivity index (χ2n) is 6.36. The molecule has 1 amide bonds. The van der Waals surface area contributed by atoms with Crippen LogP contribution in [0.25, 0.3) is 4.96 Å². The number of para-hydroxylation sites is 1.